The first-order chi connectivity index (χ1) is 10.5. The fourth-order valence-electron chi connectivity index (χ4n) is 2.19. The normalized spacial score (nSPS) is 12.5. The van der Waals surface area contributed by atoms with E-state index in [1.165, 1.54) is 0 Å². The summed E-state index contributed by atoms with van der Waals surface area (Å²) >= 11 is 0. The molecule has 2 rings (SSSR count). The molecule has 1 N–H and O–H groups in total. The third-order valence-corrected chi connectivity index (χ3v) is 3.98. The number of rotatable bonds is 6. The van der Waals surface area contributed by atoms with Gasteiger partial charge in [0.1, 0.15) is 11.1 Å². The topological polar surface area (TPSA) is 62.6 Å². The van der Waals surface area contributed by atoms with Crippen LogP contribution in [-0.4, -0.2) is 37.0 Å². The smallest absolute Gasteiger partial charge is 0.349 e. The summed E-state index contributed by atoms with van der Waals surface area (Å²) in [5, 5.41) is 3.51. The Morgan fingerprint density at radius 1 is 1.36 bits per heavy atom. The molecule has 118 valence electrons. The Labute approximate surface area is 129 Å². The summed E-state index contributed by atoms with van der Waals surface area (Å²) in [7, 11) is 2.02. The molecule has 5 heteroatoms. The molecule has 0 saturated heterocycles. The van der Waals surface area contributed by atoms with Crippen molar-refractivity contribution in [3.63, 3.8) is 0 Å². The van der Waals surface area contributed by atoms with Crippen molar-refractivity contribution >= 4 is 16.9 Å². The molecule has 1 aromatic carbocycles. The van der Waals surface area contributed by atoms with Crippen molar-refractivity contribution in [2.24, 2.45) is 0 Å². The Bertz CT molecular complexity index is 708. The highest BCUT2D eigenvalue weighted by atomic mass is 16.4. The molecule has 0 saturated carbocycles. The van der Waals surface area contributed by atoms with Crippen molar-refractivity contribution < 1.29 is 9.21 Å². The molecule has 1 atom stereocenters. The fraction of sp³-hybridized carbons (Fsp3) is 0.412. The maximum Gasteiger partial charge on any atom is 0.349 e. The van der Waals surface area contributed by atoms with Crippen molar-refractivity contribution in [1.82, 2.24) is 10.2 Å². The standard InChI is InChI=1S/C17H22N2O3/c1-4-12(2)19(3)10-9-18-16(20)14-11-13-7-5-6-8-15(13)22-17(14)21/h5-8,11-12H,4,9-10H2,1-3H3,(H,18,20)/t12-/m1/s1. The van der Waals surface area contributed by atoms with Crippen LogP contribution in [0.1, 0.15) is 30.6 Å². The maximum atomic E-state index is 12.1. The molecule has 0 spiro atoms. The van der Waals surface area contributed by atoms with E-state index in [9.17, 15) is 9.59 Å². The first-order valence-electron chi connectivity index (χ1n) is 7.54. The van der Waals surface area contributed by atoms with Gasteiger partial charge in [0.15, 0.2) is 0 Å². The zero-order chi connectivity index (χ0) is 16.1. The zero-order valence-corrected chi connectivity index (χ0v) is 13.3. The van der Waals surface area contributed by atoms with Gasteiger partial charge in [-0.1, -0.05) is 25.1 Å². The van der Waals surface area contributed by atoms with Gasteiger partial charge in [-0.3, -0.25) is 4.79 Å². The van der Waals surface area contributed by atoms with Gasteiger partial charge in [0.2, 0.25) is 0 Å². The number of carbonyl (C=O) groups excluding carboxylic acids is 1. The first kappa shape index (κ1) is 16.2. The Morgan fingerprint density at radius 3 is 2.82 bits per heavy atom. The third kappa shape index (κ3) is 3.74. The lowest BCUT2D eigenvalue weighted by molar-refractivity contribution is 0.0944. The number of likely N-dealkylation sites (N-methyl/N-ethyl adjacent to an activating group) is 1. The van der Waals surface area contributed by atoms with E-state index >= 15 is 0 Å². The van der Waals surface area contributed by atoms with E-state index in [0.717, 1.165) is 18.4 Å². The minimum Gasteiger partial charge on any atom is -0.422 e. The monoisotopic (exact) mass is 302 g/mol. The molecule has 0 aliphatic carbocycles. The van der Waals surface area contributed by atoms with E-state index in [0.29, 0.717) is 18.2 Å². The number of carbonyl (C=O) groups is 1. The van der Waals surface area contributed by atoms with E-state index in [2.05, 4.69) is 24.1 Å². The summed E-state index contributed by atoms with van der Waals surface area (Å²) in [4.78, 5) is 26.2. The molecule has 0 aliphatic rings. The minimum atomic E-state index is -0.605. The summed E-state index contributed by atoms with van der Waals surface area (Å²) in [6, 6.07) is 9.18. The van der Waals surface area contributed by atoms with Gasteiger partial charge < -0.3 is 14.6 Å². The number of hydrogen-bond acceptors (Lipinski definition) is 4. The van der Waals surface area contributed by atoms with Crippen molar-refractivity contribution in [2.75, 3.05) is 20.1 Å². The van der Waals surface area contributed by atoms with E-state index in [-0.39, 0.29) is 5.56 Å². The van der Waals surface area contributed by atoms with Crippen LogP contribution in [0.3, 0.4) is 0 Å². The lowest BCUT2D eigenvalue weighted by Crippen LogP contribution is -2.38. The molecule has 1 amide bonds. The average molecular weight is 302 g/mol. The second-order valence-corrected chi connectivity index (χ2v) is 5.48. The van der Waals surface area contributed by atoms with Crippen LogP contribution in [0.2, 0.25) is 0 Å². The Kier molecular flexibility index (Phi) is 5.33. The molecular weight excluding hydrogens is 280 g/mol. The van der Waals surface area contributed by atoms with E-state index in [4.69, 9.17) is 4.42 Å². The van der Waals surface area contributed by atoms with Crippen LogP contribution in [0.4, 0.5) is 0 Å². The third-order valence-electron chi connectivity index (χ3n) is 3.98. The minimum absolute atomic E-state index is 0.0462. The highest BCUT2D eigenvalue weighted by molar-refractivity contribution is 5.96. The molecular formula is C17H22N2O3. The van der Waals surface area contributed by atoms with E-state index < -0.39 is 11.5 Å². The molecule has 0 bridgehead atoms. The molecule has 1 aromatic heterocycles. The first-order valence-corrected chi connectivity index (χ1v) is 7.54. The summed E-state index contributed by atoms with van der Waals surface area (Å²) in [5.74, 6) is -0.392. The number of fused-ring (bicyclic) bond motifs is 1. The fourth-order valence-corrected chi connectivity index (χ4v) is 2.19. The molecule has 0 aliphatic heterocycles. The van der Waals surface area contributed by atoms with Crippen molar-refractivity contribution in [3.8, 4) is 0 Å². The Morgan fingerprint density at radius 2 is 2.09 bits per heavy atom. The lowest BCUT2D eigenvalue weighted by atomic mass is 10.2. The quantitative estimate of drug-likeness (QED) is 0.831. The summed E-state index contributed by atoms with van der Waals surface area (Å²) in [5.41, 5.74) is -0.0723. The lowest BCUT2D eigenvalue weighted by Gasteiger charge is -2.23. The average Bonchev–Trinajstić information content (AvgIpc) is 2.53. The predicted molar refractivity (Wildman–Crippen MR) is 87.2 cm³/mol. The summed E-state index contributed by atoms with van der Waals surface area (Å²) in [6.45, 7) is 5.49. The van der Waals surface area contributed by atoms with Gasteiger partial charge in [0.05, 0.1) is 0 Å². The van der Waals surface area contributed by atoms with Crippen molar-refractivity contribution in [2.45, 2.75) is 26.3 Å². The second-order valence-electron chi connectivity index (χ2n) is 5.48. The number of benzene rings is 1. The van der Waals surface area contributed by atoms with Crippen LogP contribution in [0.5, 0.6) is 0 Å². The zero-order valence-electron chi connectivity index (χ0n) is 13.3. The molecule has 2 aromatic rings. The molecule has 22 heavy (non-hydrogen) atoms. The number of nitrogens with one attached hydrogen (secondary N) is 1. The molecule has 5 nitrogen and oxygen atoms in total. The molecule has 0 fully saturated rings. The van der Waals surface area contributed by atoms with Gasteiger partial charge in [-0.05, 0) is 32.5 Å². The van der Waals surface area contributed by atoms with Crippen LogP contribution in [0.15, 0.2) is 39.5 Å². The molecule has 0 radical (unpaired) electrons. The van der Waals surface area contributed by atoms with Gasteiger partial charge in [0, 0.05) is 24.5 Å². The second kappa shape index (κ2) is 7.22. The summed E-state index contributed by atoms with van der Waals surface area (Å²) < 4.78 is 5.17. The van der Waals surface area contributed by atoms with Crippen LogP contribution in [0, 0.1) is 0 Å². The number of hydrogen-bond donors (Lipinski definition) is 1. The van der Waals surface area contributed by atoms with Crippen LogP contribution in [0.25, 0.3) is 11.0 Å². The molecule has 1 heterocycles. The van der Waals surface area contributed by atoms with Gasteiger partial charge >= 0.3 is 5.63 Å². The number of amides is 1. The van der Waals surface area contributed by atoms with Crippen LogP contribution >= 0.6 is 0 Å². The Balaban J connectivity index is 2.04. The number of para-hydroxylation sites is 1. The maximum absolute atomic E-state index is 12.1. The Hall–Kier alpha value is -2.14. The van der Waals surface area contributed by atoms with E-state index in [1.54, 1.807) is 18.2 Å². The van der Waals surface area contributed by atoms with Crippen molar-refractivity contribution in [3.05, 3.63) is 46.3 Å². The predicted octanol–water partition coefficient (Wildman–Crippen LogP) is 2.25. The summed E-state index contributed by atoms with van der Waals surface area (Å²) in [6.07, 6.45) is 1.05. The SMILES string of the molecule is CC[C@@H](C)N(C)CCNC(=O)c1cc2ccccc2oc1=O. The number of nitrogens with zero attached hydrogens (tertiary/aromatic N) is 1. The molecule has 0 unspecified atom stereocenters. The van der Waals surface area contributed by atoms with Gasteiger partial charge in [0.25, 0.3) is 5.91 Å². The van der Waals surface area contributed by atoms with Crippen LogP contribution in [-0.2, 0) is 0 Å². The highest BCUT2D eigenvalue weighted by Crippen LogP contribution is 2.12. The van der Waals surface area contributed by atoms with Gasteiger partial charge in [-0.25, -0.2) is 4.79 Å². The van der Waals surface area contributed by atoms with Crippen molar-refractivity contribution in [1.29, 1.82) is 0 Å². The van der Waals surface area contributed by atoms with Gasteiger partial charge in [-0.2, -0.15) is 0 Å². The highest BCUT2D eigenvalue weighted by Gasteiger charge is 2.14. The van der Waals surface area contributed by atoms with Gasteiger partial charge in [-0.15, -0.1) is 0 Å². The largest absolute Gasteiger partial charge is 0.422 e. The van der Waals surface area contributed by atoms with Crippen LogP contribution < -0.4 is 10.9 Å². The van der Waals surface area contributed by atoms with E-state index in [1.807, 2.05) is 19.2 Å².